The number of fused-ring (bicyclic) bond motifs is 3. The monoisotopic (exact) mass is 371 g/mol. The molecule has 0 spiro atoms. The van der Waals surface area contributed by atoms with Crippen molar-refractivity contribution in [1.29, 1.82) is 10.5 Å². The van der Waals surface area contributed by atoms with Gasteiger partial charge in [0.1, 0.15) is 0 Å². The maximum atomic E-state index is 9.19. The largest absolute Gasteiger partial charge is 0.220 e. The maximum absolute atomic E-state index is 9.19. The molecule has 0 amide bonds. The zero-order chi connectivity index (χ0) is 19.8. The molecule has 0 radical (unpaired) electrons. The molecule has 0 saturated heterocycles. The van der Waals surface area contributed by atoms with Crippen molar-refractivity contribution < 1.29 is 0 Å². The van der Waals surface area contributed by atoms with E-state index in [1.54, 1.807) is 22.7 Å². The standard InChI is InChI=1S/C24H13N5/c25-14-16-11-17(15-26)13-21(12-16)18-5-7-20(8-6-18)23-27-24-22-4-2-1-3-19(22)9-10-29(24)28-23/h1-13H. The fourth-order valence-corrected chi connectivity index (χ4v) is 3.47. The number of aromatic nitrogens is 3. The van der Waals surface area contributed by atoms with Gasteiger partial charge in [-0.05, 0) is 40.8 Å². The molecule has 29 heavy (non-hydrogen) atoms. The summed E-state index contributed by atoms with van der Waals surface area (Å²) >= 11 is 0. The van der Waals surface area contributed by atoms with Crippen LogP contribution in [-0.4, -0.2) is 14.6 Å². The highest BCUT2D eigenvalue weighted by Crippen LogP contribution is 2.26. The first-order chi connectivity index (χ1) is 14.2. The van der Waals surface area contributed by atoms with Gasteiger partial charge in [-0.1, -0.05) is 48.5 Å². The quantitative estimate of drug-likeness (QED) is 0.439. The van der Waals surface area contributed by atoms with Gasteiger partial charge in [0.2, 0.25) is 0 Å². The lowest BCUT2D eigenvalue weighted by atomic mass is 9.99. The van der Waals surface area contributed by atoms with E-state index < -0.39 is 0 Å². The predicted molar refractivity (Wildman–Crippen MR) is 111 cm³/mol. The van der Waals surface area contributed by atoms with Crippen molar-refractivity contribution in [2.45, 2.75) is 0 Å². The Morgan fingerprint density at radius 3 is 2.14 bits per heavy atom. The molecule has 5 heteroatoms. The minimum Gasteiger partial charge on any atom is -0.220 e. The van der Waals surface area contributed by atoms with Gasteiger partial charge in [0.25, 0.3) is 0 Å². The number of pyridine rings is 1. The second-order valence-electron chi connectivity index (χ2n) is 6.71. The number of hydrogen-bond donors (Lipinski definition) is 0. The predicted octanol–water partition coefficient (Wildman–Crippen LogP) is 4.96. The molecular weight excluding hydrogens is 358 g/mol. The summed E-state index contributed by atoms with van der Waals surface area (Å²) < 4.78 is 1.79. The molecule has 0 bridgehead atoms. The van der Waals surface area contributed by atoms with E-state index in [1.165, 1.54) is 0 Å². The molecule has 134 valence electrons. The van der Waals surface area contributed by atoms with Crippen LogP contribution in [0.3, 0.4) is 0 Å². The Kier molecular flexibility index (Phi) is 3.79. The Morgan fingerprint density at radius 1 is 0.724 bits per heavy atom. The summed E-state index contributed by atoms with van der Waals surface area (Å²) in [6.07, 6.45) is 1.92. The van der Waals surface area contributed by atoms with Gasteiger partial charge in [0.15, 0.2) is 11.5 Å². The Hall–Kier alpha value is -4.48. The minimum absolute atomic E-state index is 0.469. The SMILES string of the molecule is N#Cc1cc(C#N)cc(-c2ccc(-c3nc4c5ccccc5ccn4n3)cc2)c1. The highest BCUT2D eigenvalue weighted by atomic mass is 15.3. The van der Waals surface area contributed by atoms with Crippen molar-refractivity contribution in [3.8, 4) is 34.7 Å². The van der Waals surface area contributed by atoms with Crippen LogP contribution in [0.2, 0.25) is 0 Å². The van der Waals surface area contributed by atoms with Crippen LogP contribution in [-0.2, 0) is 0 Å². The number of rotatable bonds is 2. The minimum atomic E-state index is 0.469. The van der Waals surface area contributed by atoms with E-state index in [-0.39, 0.29) is 0 Å². The molecule has 0 aliphatic carbocycles. The molecule has 0 N–H and O–H groups in total. The molecule has 5 rings (SSSR count). The highest BCUT2D eigenvalue weighted by Gasteiger charge is 2.10. The first-order valence-corrected chi connectivity index (χ1v) is 9.05. The average molecular weight is 371 g/mol. The summed E-state index contributed by atoms with van der Waals surface area (Å²) in [5, 5.41) is 25.2. The van der Waals surface area contributed by atoms with Crippen LogP contribution < -0.4 is 0 Å². The van der Waals surface area contributed by atoms with Crippen LogP contribution in [0.15, 0.2) is 79.0 Å². The van der Waals surface area contributed by atoms with Gasteiger partial charge < -0.3 is 0 Å². The summed E-state index contributed by atoms with van der Waals surface area (Å²) in [5.41, 5.74) is 4.42. The topological polar surface area (TPSA) is 77.8 Å². The Labute approximate surface area is 166 Å². The third-order valence-corrected chi connectivity index (χ3v) is 4.90. The summed E-state index contributed by atoms with van der Waals surface area (Å²) in [4.78, 5) is 4.73. The summed E-state index contributed by atoms with van der Waals surface area (Å²) in [6.45, 7) is 0. The fourth-order valence-electron chi connectivity index (χ4n) is 3.47. The molecule has 0 unspecified atom stereocenters. The van der Waals surface area contributed by atoms with Gasteiger partial charge in [0.05, 0.1) is 23.3 Å². The molecule has 5 nitrogen and oxygen atoms in total. The van der Waals surface area contributed by atoms with Gasteiger partial charge in [-0.2, -0.15) is 10.5 Å². The van der Waals surface area contributed by atoms with Gasteiger partial charge in [0, 0.05) is 17.1 Å². The van der Waals surface area contributed by atoms with Crippen LogP contribution in [0.25, 0.3) is 38.9 Å². The summed E-state index contributed by atoms with van der Waals surface area (Å²) in [5.74, 6) is 0.649. The van der Waals surface area contributed by atoms with Crippen LogP contribution in [0, 0.1) is 22.7 Å². The second kappa shape index (κ2) is 6.60. The zero-order valence-corrected chi connectivity index (χ0v) is 15.2. The first kappa shape index (κ1) is 16.7. The molecule has 0 aliphatic heterocycles. The number of hydrogen-bond acceptors (Lipinski definition) is 4. The second-order valence-corrected chi connectivity index (χ2v) is 6.71. The Morgan fingerprint density at radius 2 is 1.41 bits per heavy atom. The third-order valence-electron chi connectivity index (χ3n) is 4.90. The summed E-state index contributed by atoms with van der Waals surface area (Å²) in [7, 11) is 0. The molecule has 5 aromatic rings. The zero-order valence-electron chi connectivity index (χ0n) is 15.2. The van der Waals surface area contributed by atoms with Crippen molar-refractivity contribution in [3.63, 3.8) is 0 Å². The average Bonchev–Trinajstić information content (AvgIpc) is 3.24. The fraction of sp³-hybridized carbons (Fsp3) is 0. The lowest BCUT2D eigenvalue weighted by Gasteiger charge is -2.04. The van der Waals surface area contributed by atoms with Crippen LogP contribution in [0.1, 0.15) is 11.1 Å². The van der Waals surface area contributed by atoms with Crippen molar-refractivity contribution in [2.75, 3.05) is 0 Å². The highest BCUT2D eigenvalue weighted by molar-refractivity contribution is 5.94. The van der Waals surface area contributed by atoms with Gasteiger partial charge in [-0.25, -0.2) is 9.50 Å². The van der Waals surface area contributed by atoms with Crippen molar-refractivity contribution in [2.24, 2.45) is 0 Å². The lowest BCUT2D eigenvalue weighted by molar-refractivity contribution is 0.971. The number of nitriles is 2. The van der Waals surface area contributed by atoms with Gasteiger partial charge >= 0.3 is 0 Å². The van der Waals surface area contributed by atoms with E-state index in [0.717, 1.165) is 33.1 Å². The molecule has 0 saturated carbocycles. The van der Waals surface area contributed by atoms with E-state index in [9.17, 15) is 10.5 Å². The molecule has 0 fully saturated rings. The number of nitrogens with zero attached hydrogens (tertiary/aromatic N) is 5. The van der Waals surface area contributed by atoms with Crippen LogP contribution in [0.4, 0.5) is 0 Å². The van der Waals surface area contributed by atoms with Crippen LogP contribution >= 0.6 is 0 Å². The maximum Gasteiger partial charge on any atom is 0.182 e. The molecule has 0 aliphatic rings. The van der Waals surface area contributed by atoms with E-state index in [4.69, 9.17) is 4.98 Å². The van der Waals surface area contributed by atoms with Crippen molar-refractivity contribution in [3.05, 3.63) is 90.1 Å². The normalized spacial score (nSPS) is 10.7. The van der Waals surface area contributed by atoms with E-state index in [1.807, 2.05) is 54.7 Å². The van der Waals surface area contributed by atoms with Crippen molar-refractivity contribution in [1.82, 2.24) is 14.6 Å². The van der Waals surface area contributed by atoms with E-state index >= 15 is 0 Å². The molecule has 0 atom stereocenters. The molecular formula is C24H13N5. The Balaban J connectivity index is 1.57. The first-order valence-electron chi connectivity index (χ1n) is 9.05. The van der Waals surface area contributed by atoms with Crippen LogP contribution in [0.5, 0.6) is 0 Å². The van der Waals surface area contributed by atoms with E-state index in [0.29, 0.717) is 17.0 Å². The van der Waals surface area contributed by atoms with Gasteiger partial charge in [-0.15, -0.1) is 5.10 Å². The Bertz CT molecular complexity index is 1430. The lowest BCUT2D eigenvalue weighted by Crippen LogP contribution is -1.87. The molecule has 2 aromatic heterocycles. The number of benzene rings is 3. The smallest absolute Gasteiger partial charge is 0.182 e. The third kappa shape index (κ3) is 2.88. The van der Waals surface area contributed by atoms with Gasteiger partial charge in [-0.3, -0.25) is 0 Å². The van der Waals surface area contributed by atoms with E-state index in [2.05, 4.69) is 23.3 Å². The van der Waals surface area contributed by atoms with Crippen molar-refractivity contribution >= 4 is 16.4 Å². The molecule has 3 aromatic carbocycles. The molecule has 2 heterocycles. The summed E-state index contributed by atoms with van der Waals surface area (Å²) in [6, 6.07) is 27.3.